The van der Waals surface area contributed by atoms with Gasteiger partial charge in [-0.05, 0) is 36.6 Å². The third kappa shape index (κ3) is 1.41. The van der Waals surface area contributed by atoms with E-state index in [4.69, 9.17) is 4.98 Å². The van der Waals surface area contributed by atoms with E-state index in [2.05, 4.69) is 53.8 Å². The van der Waals surface area contributed by atoms with Crippen molar-refractivity contribution in [2.75, 3.05) is 0 Å². The molecule has 2 atom stereocenters. The van der Waals surface area contributed by atoms with Gasteiger partial charge in [-0.3, -0.25) is 4.40 Å². The van der Waals surface area contributed by atoms with Crippen LogP contribution in [0.2, 0.25) is 0 Å². The topological polar surface area (TPSA) is 17.3 Å². The second-order valence-electron chi connectivity index (χ2n) is 7.53. The van der Waals surface area contributed by atoms with Crippen LogP contribution in [0.15, 0.2) is 42.5 Å². The van der Waals surface area contributed by atoms with Crippen LogP contribution in [0.5, 0.6) is 0 Å². The van der Waals surface area contributed by atoms with Crippen molar-refractivity contribution in [1.82, 2.24) is 9.38 Å². The van der Waals surface area contributed by atoms with Crippen LogP contribution in [0.25, 0.3) is 27.3 Å². The van der Waals surface area contributed by atoms with Crippen LogP contribution in [0.1, 0.15) is 54.5 Å². The summed E-state index contributed by atoms with van der Waals surface area (Å²) in [6.07, 6.45) is 5.35. The molecule has 4 aromatic rings. The Balaban J connectivity index is 1.94. The molecule has 0 radical (unpaired) electrons. The second-order valence-corrected chi connectivity index (χ2v) is 7.53. The molecule has 2 unspecified atom stereocenters. The summed E-state index contributed by atoms with van der Waals surface area (Å²) >= 11 is 0. The number of benzene rings is 2. The van der Waals surface area contributed by atoms with E-state index in [0.29, 0.717) is 11.8 Å². The first-order valence-corrected chi connectivity index (χ1v) is 9.17. The van der Waals surface area contributed by atoms with Gasteiger partial charge in [0.25, 0.3) is 0 Å². The lowest BCUT2D eigenvalue weighted by molar-refractivity contribution is 0.373. The van der Waals surface area contributed by atoms with Crippen LogP contribution >= 0.6 is 0 Å². The van der Waals surface area contributed by atoms with Crippen LogP contribution in [0.4, 0.5) is 0 Å². The fourth-order valence-corrected chi connectivity index (χ4v) is 5.45. The Morgan fingerprint density at radius 3 is 2.50 bits per heavy atom. The second kappa shape index (κ2) is 4.38. The van der Waals surface area contributed by atoms with Crippen molar-refractivity contribution >= 4 is 27.3 Å². The molecule has 1 aliphatic heterocycles. The third-order valence-corrected chi connectivity index (χ3v) is 6.36. The van der Waals surface area contributed by atoms with Gasteiger partial charge in [0.1, 0.15) is 5.65 Å². The molecular formula is C22H20N2. The van der Waals surface area contributed by atoms with Crippen LogP contribution in [-0.2, 0) is 0 Å². The highest BCUT2D eigenvalue weighted by Crippen LogP contribution is 2.51. The Hall–Kier alpha value is -2.35. The first kappa shape index (κ1) is 13.0. The minimum atomic E-state index is 0.646. The van der Waals surface area contributed by atoms with Crippen molar-refractivity contribution in [1.29, 1.82) is 0 Å². The number of pyridine rings is 1. The molecule has 24 heavy (non-hydrogen) atoms. The lowest BCUT2D eigenvalue weighted by Gasteiger charge is -2.36. The van der Waals surface area contributed by atoms with Gasteiger partial charge in [-0.15, -0.1) is 0 Å². The molecule has 0 amide bonds. The van der Waals surface area contributed by atoms with Crippen molar-refractivity contribution in [3.63, 3.8) is 0 Å². The number of aryl methyl sites for hydroxylation is 1. The molecule has 0 spiro atoms. The molecule has 3 heterocycles. The van der Waals surface area contributed by atoms with E-state index in [-0.39, 0.29) is 0 Å². The predicted octanol–water partition coefficient (Wildman–Crippen LogP) is 5.70. The van der Waals surface area contributed by atoms with Crippen molar-refractivity contribution in [2.45, 2.75) is 44.4 Å². The first-order chi connectivity index (χ1) is 11.8. The van der Waals surface area contributed by atoms with Gasteiger partial charge in [-0.25, -0.2) is 4.98 Å². The molecule has 2 aliphatic rings. The van der Waals surface area contributed by atoms with E-state index in [1.807, 2.05) is 0 Å². The lowest BCUT2D eigenvalue weighted by Crippen LogP contribution is -2.23. The monoisotopic (exact) mass is 312 g/mol. The normalized spacial score (nSPS) is 22.5. The van der Waals surface area contributed by atoms with Gasteiger partial charge in [0.2, 0.25) is 0 Å². The Labute approximate surface area is 141 Å². The number of hydrogen-bond donors (Lipinski definition) is 0. The lowest BCUT2D eigenvalue weighted by atomic mass is 9.71. The zero-order valence-corrected chi connectivity index (χ0v) is 13.9. The molecule has 2 aromatic heterocycles. The maximum Gasteiger partial charge on any atom is 0.145 e. The molecule has 0 saturated heterocycles. The number of nitrogens with zero attached hydrogens (tertiary/aromatic N) is 2. The fourth-order valence-electron chi connectivity index (χ4n) is 5.45. The van der Waals surface area contributed by atoms with Gasteiger partial charge in [0.15, 0.2) is 0 Å². The highest BCUT2D eigenvalue weighted by atomic mass is 15.0. The van der Waals surface area contributed by atoms with Crippen molar-refractivity contribution in [2.24, 2.45) is 0 Å². The Kier molecular flexibility index (Phi) is 2.37. The standard InChI is InChI=1S/C22H20N2/c1-13-20-16-9-4-2-7-14(16)17-11-6-12-18-15-8-3-5-10-19(15)22(23-13)24(20)21(17)18/h3,5-6,8,10-12,14,16H,2,4,7,9H2,1H3. The molecule has 1 aliphatic carbocycles. The number of fused-ring (bicyclic) bond motifs is 6. The zero-order chi connectivity index (χ0) is 15.8. The van der Waals surface area contributed by atoms with Gasteiger partial charge in [0.05, 0.1) is 11.2 Å². The summed E-state index contributed by atoms with van der Waals surface area (Å²) in [7, 11) is 0. The van der Waals surface area contributed by atoms with E-state index < -0.39 is 0 Å². The maximum absolute atomic E-state index is 5.05. The molecule has 1 fully saturated rings. The summed E-state index contributed by atoms with van der Waals surface area (Å²) in [5, 5.41) is 4.01. The molecule has 2 heteroatoms. The highest BCUT2D eigenvalue weighted by Gasteiger charge is 2.37. The summed E-state index contributed by atoms with van der Waals surface area (Å²) in [4.78, 5) is 5.05. The number of para-hydroxylation sites is 1. The Bertz CT molecular complexity index is 1140. The van der Waals surface area contributed by atoms with Gasteiger partial charge in [0, 0.05) is 22.4 Å². The van der Waals surface area contributed by atoms with Crippen molar-refractivity contribution in [3.8, 4) is 0 Å². The third-order valence-electron chi connectivity index (χ3n) is 6.36. The molecule has 2 nitrogen and oxygen atoms in total. The van der Waals surface area contributed by atoms with Crippen LogP contribution in [-0.4, -0.2) is 9.38 Å². The first-order valence-electron chi connectivity index (χ1n) is 9.17. The summed E-state index contributed by atoms with van der Waals surface area (Å²) in [6, 6.07) is 15.7. The van der Waals surface area contributed by atoms with E-state index in [0.717, 1.165) is 5.65 Å². The van der Waals surface area contributed by atoms with Gasteiger partial charge in [-0.2, -0.15) is 0 Å². The van der Waals surface area contributed by atoms with Crippen molar-refractivity contribution in [3.05, 3.63) is 59.4 Å². The fraction of sp³-hybridized carbons (Fsp3) is 0.318. The quantitative estimate of drug-likeness (QED) is 0.380. The van der Waals surface area contributed by atoms with Crippen molar-refractivity contribution < 1.29 is 0 Å². The van der Waals surface area contributed by atoms with E-state index in [9.17, 15) is 0 Å². The molecule has 2 aromatic carbocycles. The number of hydrogen-bond acceptors (Lipinski definition) is 1. The summed E-state index contributed by atoms with van der Waals surface area (Å²) in [5.74, 6) is 1.32. The van der Waals surface area contributed by atoms with Crippen LogP contribution in [0, 0.1) is 6.92 Å². The average molecular weight is 312 g/mol. The predicted molar refractivity (Wildman–Crippen MR) is 98.9 cm³/mol. The largest absolute Gasteiger partial charge is 0.295 e. The van der Waals surface area contributed by atoms with Gasteiger partial charge in [-0.1, -0.05) is 55.3 Å². The molecule has 0 bridgehead atoms. The number of imidazole rings is 1. The zero-order valence-electron chi connectivity index (χ0n) is 13.9. The summed E-state index contributed by atoms with van der Waals surface area (Å²) < 4.78 is 2.51. The minimum absolute atomic E-state index is 0.646. The smallest absolute Gasteiger partial charge is 0.145 e. The Morgan fingerprint density at radius 1 is 0.875 bits per heavy atom. The molecular weight excluding hydrogens is 292 g/mol. The van der Waals surface area contributed by atoms with Gasteiger partial charge < -0.3 is 0 Å². The van der Waals surface area contributed by atoms with E-state index in [1.54, 1.807) is 5.56 Å². The van der Waals surface area contributed by atoms with Crippen LogP contribution < -0.4 is 0 Å². The molecule has 0 N–H and O–H groups in total. The van der Waals surface area contributed by atoms with Gasteiger partial charge >= 0.3 is 0 Å². The van der Waals surface area contributed by atoms with Crippen LogP contribution in [0.3, 0.4) is 0 Å². The SMILES string of the molecule is Cc1nc2c3ccccc3c3cccc4c3n2c1C1CCCCC41. The molecule has 118 valence electrons. The van der Waals surface area contributed by atoms with E-state index >= 15 is 0 Å². The average Bonchev–Trinajstić information content (AvgIpc) is 2.99. The number of rotatable bonds is 0. The molecule has 6 rings (SSSR count). The minimum Gasteiger partial charge on any atom is -0.295 e. The summed E-state index contributed by atoms with van der Waals surface area (Å²) in [5.41, 5.74) is 6.85. The van der Waals surface area contributed by atoms with E-state index in [1.165, 1.54) is 58.7 Å². The summed E-state index contributed by atoms with van der Waals surface area (Å²) in [6.45, 7) is 2.21. The Morgan fingerprint density at radius 2 is 1.62 bits per heavy atom. The molecule has 1 saturated carbocycles. The maximum atomic E-state index is 5.05. The highest BCUT2D eigenvalue weighted by molar-refractivity contribution is 6.13. The number of aromatic nitrogens is 2.